The van der Waals surface area contributed by atoms with E-state index in [9.17, 15) is 9.59 Å². The fourth-order valence-electron chi connectivity index (χ4n) is 5.62. The molecule has 1 aliphatic heterocycles. The molecule has 4 aromatic rings. The van der Waals surface area contributed by atoms with Crippen molar-refractivity contribution in [2.24, 2.45) is 7.05 Å². The SMILES string of the molecule is CN(C)C(=O)c1ccc(C2CCN(Cc3cc4c(-n5ccc(NC(C)(C)C)cc5=O)ccnc4n3C)CC2)cc1. The summed E-state index contributed by atoms with van der Waals surface area (Å²) in [4.78, 5) is 34.0. The van der Waals surface area contributed by atoms with Crippen LogP contribution in [0, 0.1) is 0 Å². The Morgan fingerprint density at radius 2 is 1.75 bits per heavy atom. The van der Waals surface area contributed by atoms with Crippen molar-refractivity contribution in [3.8, 4) is 5.69 Å². The van der Waals surface area contributed by atoms with Crippen LogP contribution in [0.15, 0.2) is 65.7 Å². The Morgan fingerprint density at radius 3 is 2.38 bits per heavy atom. The number of anilines is 1. The molecule has 8 nitrogen and oxygen atoms in total. The molecule has 1 aromatic carbocycles. The summed E-state index contributed by atoms with van der Waals surface area (Å²) in [6.45, 7) is 9.07. The van der Waals surface area contributed by atoms with Crippen LogP contribution in [-0.2, 0) is 13.6 Å². The predicted molar refractivity (Wildman–Crippen MR) is 161 cm³/mol. The maximum atomic E-state index is 13.1. The van der Waals surface area contributed by atoms with E-state index in [1.807, 2.05) is 30.5 Å². The molecule has 1 fully saturated rings. The summed E-state index contributed by atoms with van der Waals surface area (Å²) in [5, 5.41) is 4.34. The van der Waals surface area contributed by atoms with Crippen LogP contribution in [0.1, 0.15) is 61.1 Å². The van der Waals surface area contributed by atoms with Gasteiger partial charge in [-0.3, -0.25) is 19.1 Å². The van der Waals surface area contributed by atoms with Crippen LogP contribution in [0.3, 0.4) is 0 Å². The highest BCUT2D eigenvalue weighted by Gasteiger charge is 2.23. The Morgan fingerprint density at radius 1 is 1.05 bits per heavy atom. The Balaban J connectivity index is 1.30. The van der Waals surface area contributed by atoms with E-state index >= 15 is 0 Å². The van der Waals surface area contributed by atoms with E-state index in [4.69, 9.17) is 0 Å². The molecule has 1 N–H and O–H groups in total. The van der Waals surface area contributed by atoms with Gasteiger partial charge in [0.05, 0.1) is 5.69 Å². The van der Waals surface area contributed by atoms with Gasteiger partial charge in [0.25, 0.3) is 11.5 Å². The smallest absolute Gasteiger partial charge is 0.257 e. The Kier molecular flexibility index (Phi) is 7.55. The van der Waals surface area contributed by atoms with Crippen LogP contribution in [0.2, 0.25) is 0 Å². The third-order valence-electron chi connectivity index (χ3n) is 7.71. The van der Waals surface area contributed by atoms with Gasteiger partial charge in [-0.05, 0) is 88.5 Å². The van der Waals surface area contributed by atoms with Crippen LogP contribution >= 0.6 is 0 Å². The maximum absolute atomic E-state index is 13.1. The third-order valence-corrected chi connectivity index (χ3v) is 7.71. The lowest BCUT2D eigenvalue weighted by atomic mass is 9.89. The number of aryl methyl sites for hydroxylation is 1. The minimum Gasteiger partial charge on any atom is -0.380 e. The fourth-order valence-corrected chi connectivity index (χ4v) is 5.62. The lowest BCUT2D eigenvalue weighted by molar-refractivity contribution is 0.0827. The number of rotatable bonds is 6. The topological polar surface area (TPSA) is 75.4 Å². The van der Waals surface area contributed by atoms with Gasteiger partial charge in [0, 0.05) is 74.0 Å². The first-order valence-corrected chi connectivity index (χ1v) is 14.0. The van der Waals surface area contributed by atoms with E-state index in [-0.39, 0.29) is 17.0 Å². The molecule has 0 bridgehead atoms. The zero-order chi connectivity index (χ0) is 28.6. The molecule has 5 rings (SSSR count). The van der Waals surface area contributed by atoms with Gasteiger partial charge in [0.15, 0.2) is 0 Å². The molecular weight excluding hydrogens is 500 g/mol. The molecule has 3 aromatic heterocycles. The van der Waals surface area contributed by atoms with E-state index in [1.54, 1.807) is 35.8 Å². The molecule has 8 heteroatoms. The molecule has 40 heavy (non-hydrogen) atoms. The van der Waals surface area contributed by atoms with Crippen LogP contribution in [0.4, 0.5) is 5.69 Å². The van der Waals surface area contributed by atoms with Crippen LogP contribution in [-0.4, -0.2) is 62.5 Å². The average Bonchev–Trinajstić information content (AvgIpc) is 3.23. The van der Waals surface area contributed by atoms with Gasteiger partial charge in [-0.2, -0.15) is 0 Å². The van der Waals surface area contributed by atoms with E-state index in [2.05, 4.69) is 65.8 Å². The Hall–Kier alpha value is -3.91. The van der Waals surface area contributed by atoms with Gasteiger partial charge in [-0.25, -0.2) is 4.98 Å². The standard InChI is InChI=1S/C32H40N6O2/c1-32(2,3)34-25-14-18-38(29(39)19-25)28-11-15-33-30-27(28)20-26(36(30)6)21-37-16-12-23(13-17-37)22-7-9-24(10-8-22)31(40)35(4)5/h7-11,14-15,18-20,23,34H,12-13,16-17,21H2,1-6H3. The normalized spacial score (nSPS) is 14.9. The molecule has 1 aliphatic rings. The average molecular weight is 541 g/mol. The minimum atomic E-state index is -0.123. The minimum absolute atomic E-state index is 0.0356. The number of carbonyl (C=O) groups excluding carboxylic acids is 1. The zero-order valence-corrected chi connectivity index (χ0v) is 24.4. The number of carbonyl (C=O) groups is 1. The van der Waals surface area contributed by atoms with E-state index in [1.165, 1.54) is 11.3 Å². The highest BCUT2D eigenvalue weighted by Crippen LogP contribution is 2.30. The number of piperidine rings is 1. The number of hydrogen-bond acceptors (Lipinski definition) is 5. The van der Waals surface area contributed by atoms with Crippen LogP contribution in [0.25, 0.3) is 16.7 Å². The molecule has 0 atom stereocenters. The highest BCUT2D eigenvalue weighted by molar-refractivity contribution is 5.93. The number of likely N-dealkylation sites (tertiary alicyclic amines) is 1. The van der Waals surface area contributed by atoms with E-state index in [0.29, 0.717) is 5.92 Å². The fraction of sp³-hybridized carbons (Fsp3) is 0.406. The van der Waals surface area contributed by atoms with Gasteiger partial charge in [0.1, 0.15) is 5.65 Å². The number of aromatic nitrogens is 3. The molecule has 0 saturated carbocycles. The quantitative estimate of drug-likeness (QED) is 0.372. The molecule has 0 spiro atoms. The van der Waals surface area contributed by atoms with Crippen molar-refractivity contribution < 1.29 is 4.79 Å². The zero-order valence-electron chi connectivity index (χ0n) is 24.4. The maximum Gasteiger partial charge on any atom is 0.257 e. The van der Waals surface area contributed by atoms with Crippen molar-refractivity contribution in [1.29, 1.82) is 0 Å². The van der Waals surface area contributed by atoms with Crippen LogP contribution < -0.4 is 10.9 Å². The van der Waals surface area contributed by atoms with Crippen molar-refractivity contribution in [3.05, 3.63) is 88.1 Å². The molecule has 0 unspecified atom stereocenters. The molecule has 1 amide bonds. The number of benzene rings is 1. The summed E-state index contributed by atoms with van der Waals surface area (Å²) in [6, 6.07) is 15.8. The molecule has 4 heterocycles. The molecule has 210 valence electrons. The molecule has 0 aliphatic carbocycles. The van der Waals surface area contributed by atoms with Crippen LogP contribution in [0.5, 0.6) is 0 Å². The summed E-state index contributed by atoms with van der Waals surface area (Å²) >= 11 is 0. The first-order valence-electron chi connectivity index (χ1n) is 14.0. The monoisotopic (exact) mass is 540 g/mol. The summed E-state index contributed by atoms with van der Waals surface area (Å²) < 4.78 is 3.84. The lowest BCUT2D eigenvalue weighted by Crippen LogP contribution is -2.33. The van der Waals surface area contributed by atoms with Gasteiger partial charge in [0.2, 0.25) is 0 Å². The van der Waals surface area contributed by atoms with Crippen molar-refractivity contribution in [1.82, 2.24) is 23.9 Å². The number of amides is 1. The van der Waals surface area contributed by atoms with E-state index in [0.717, 1.165) is 60.4 Å². The number of hydrogen-bond donors (Lipinski definition) is 1. The molecule has 0 radical (unpaired) electrons. The van der Waals surface area contributed by atoms with E-state index < -0.39 is 0 Å². The number of nitrogens with one attached hydrogen (secondary N) is 1. The largest absolute Gasteiger partial charge is 0.380 e. The number of pyridine rings is 2. The van der Waals surface area contributed by atoms with Crippen molar-refractivity contribution in [2.75, 3.05) is 32.5 Å². The van der Waals surface area contributed by atoms with Crippen molar-refractivity contribution >= 4 is 22.6 Å². The lowest BCUT2D eigenvalue weighted by Gasteiger charge is -2.32. The summed E-state index contributed by atoms with van der Waals surface area (Å²) in [5.74, 6) is 0.538. The number of nitrogens with zero attached hydrogens (tertiary/aromatic N) is 5. The van der Waals surface area contributed by atoms with Crippen molar-refractivity contribution in [2.45, 2.75) is 51.6 Å². The van der Waals surface area contributed by atoms with Gasteiger partial charge in [-0.15, -0.1) is 0 Å². The Labute approximate surface area is 236 Å². The summed E-state index contributed by atoms with van der Waals surface area (Å²) in [7, 11) is 5.61. The van der Waals surface area contributed by atoms with Gasteiger partial charge >= 0.3 is 0 Å². The highest BCUT2D eigenvalue weighted by atomic mass is 16.2. The first kappa shape index (κ1) is 27.6. The van der Waals surface area contributed by atoms with Gasteiger partial charge in [-0.1, -0.05) is 12.1 Å². The molecular formula is C32H40N6O2. The second-order valence-corrected chi connectivity index (χ2v) is 12.1. The molecule has 1 saturated heterocycles. The third kappa shape index (κ3) is 5.82. The first-order chi connectivity index (χ1) is 19.0. The second-order valence-electron chi connectivity index (χ2n) is 12.1. The summed E-state index contributed by atoms with van der Waals surface area (Å²) in [5.41, 5.74) is 5.55. The summed E-state index contributed by atoms with van der Waals surface area (Å²) in [6.07, 6.45) is 5.78. The predicted octanol–water partition coefficient (Wildman–Crippen LogP) is 5.02. The van der Waals surface area contributed by atoms with Gasteiger partial charge < -0.3 is 14.8 Å². The Bertz CT molecular complexity index is 1570. The second kappa shape index (κ2) is 10.9. The number of fused-ring (bicyclic) bond motifs is 1. The van der Waals surface area contributed by atoms with Crippen molar-refractivity contribution in [3.63, 3.8) is 0 Å².